The number of amides is 1. The van der Waals surface area contributed by atoms with E-state index in [1.54, 1.807) is 5.32 Å². The molecule has 3 nitrogen and oxygen atoms in total. The van der Waals surface area contributed by atoms with Crippen LogP contribution >= 0.6 is 23.2 Å². The molecule has 1 atom stereocenters. The van der Waals surface area contributed by atoms with Gasteiger partial charge in [-0.3, -0.25) is 9.59 Å². The molecule has 0 saturated heterocycles. The number of hydrogen-bond donors (Lipinski definition) is 1. The number of hydrogen-bond acceptors (Lipinski definition) is 2. The molecule has 8 heteroatoms. The average molecular weight is 314 g/mol. The maximum atomic E-state index is 12.2. The smallest absolute Gasteiger partial charge is 0.341 e. The van der Waals surface area contributed by atoms with E-state index >= 15 is 0 Å². The van der Waals surface area contributed by atoms with Crippen LogP contribution in [0, 0.1) is 0 Å². The molecule has 0 saturated carbocycles. The molecule has 19 heavy (non-hydrogen) atoms. The quantitative estimate of drug-likeness (QED) is 0.868. The predicted octanol–water partition coefficient (Wildman–Crippen LogP) is 3.22. The molecule has 0 aromatic heterocycles. The Kier molecular flexibility index (Phi) is 5.20. The Morgan fingerprint density at radius 2 is 1.95 bits per heavy atom. The lowest BCUT2D eigenvalue weighted by atomic mass is 10.0. The largest absolute Gasteiger partial charge is 0.471 e. The standard InChI is InChI=1S/C11H8Cl2F3NO2/c12-7-3-1-2-6(4-7)8(5-9(13)18)17-10(19)11(14,15)16/h1-4,8H,5H2,(H,17,19)/t8-/m1/s1. The van der Waals surface area contributed by atoms with Crippen molar-refractivity contribution in [2.75, 3.05) is 0 Å². The second-order valence-electron chi connectivity index (χ2n) is 3.64. The highest BCUT2D eigenvalue weighted by atomic mass is 35.5. The van der Waals surface area contributed by atoms with E-state index in [4.69, 9.17) is 23.2 Å². The summed E-state index contributed by atoms with van der Waals surface area (Å²) < 4.78 is 36.6. The van der Waals surface area contributed by atoms with Crippen molar-refractivity contribution >= 4 is 34.4 Å². The lowest BCUT2D eigenvalue weighted by molar-refractivity contribution is -0.174. The van der Waals surface area contributed by atoms with Crippen molar-refractivity contribution in [1.82, 2.24) is 5.32 Å². The van der Waals surface area contributed by atoms with Crippen LogP contribution < -0.4 is 5.32 Å². The van der Waals surface area contributed by atoms with Crippen molar-refractivity contribution < 1.29 is 22.8 Å². The Labute approximate surface area is 116 Å². The molecule has 1 aromatic carbocycles. The first-order valence-corrected chi connectivity index (χ1v) is 5.77. The number of carbonyl (C=O) groups is 2. The zero-order valence-electron chi connectivity index (χ0n) is 9.30. The summed E-state index contributed by atoms with van der Waals surface area (Å²) in [7, 11) is 0. The van der Waals surface area contributed by atoms with E-state index in [-0.39, 0.29) is 10.6 Å². The van der Waals surface area contributed by atoms with Crippen LogP contribution in [-0.2, 0) is 9.59 Å². The maximum absolute atomic E-state index is 12.2. The zero-order chi connectivity index (χ0) is 14.6. The summed E-state index contributed by atoms with van der Waals surface area (Å²) in [5.74, 6) is -2.14. The van der Waals surface area contributed by atoms with Gasteiger partial charge in [0, 0.05) is 11.4 Å². The minimum absolute atomic E-state index is 0.263. The molecule has 0 unspecified atom stereocenters. The third-order valence-corrected chi connectivity index (χ3v) is 2.57. The van der Waals surface area contributed by atoms with Crippen LogP contribution in [0.15, 0.2) is 24.3 Å². The van der Waals surface area contributed by atoms with Crippen LogP contribution in [0.5, 0.6) is 0 Å². The van der Waals surface area contributed by atoms with Gasteiger partial charge in [-0.25, -0.2) is 0 Å². The molecule has 0 radical (unpaired) electrons. The Morgan fingerprint density at radius 3 is 2.42 bits per heavy atom. The molecule has 104 valence electrons. The second kappa shape index (κ2) is 6.25. The summed E-state index contributed by atoms with van der Waals surface area (Å²) in [6.07, 6.45) is -5.50. The molecule has 0 heterocycles. The summed E-state index contributed by atoms with van der Waals surface area (Å²) >= 11 is 10.9. The second-order valence-corrected chi connectivity index (χ2v) is 4.50. The van der Waals surface area contributed by atoms with Gasteiger partial charge in [-0.1, -0.05) is 23.7 Å². The molecule has 1 aromatic rings. The summed E-state index contributed by atoms with van der Waals surface area (Å²) in [4.78, 5) is 21.7. The number of carbonyl (C=O) groups excluding carboxylic acids is 2. The lowest BCUT2D eigenvalue weighted by Crippen LogP contribution is -2.39. The van der Waals surface area contributed by atoms with Crippen molar-refractivity contribution in [1.29, 1.82) is 0 Å². The molecule has 0 bridgehead atoms. The monoisotopic (exact) mass is 313 g/mol. The Bertz CT molecular complexity index is 491. The van der Waals surface area contributed by atoms with E-state index in [9.17, 15) is 22.8 Å². The number of benzene rings is 1. The predicted molar refractivity (Wildman–Crippen MR) is 63.9 cm³/mol. The molecular formula is C11H8Cl2F3NO2. The molecule has 0 aliphatic rings. The topological polar surface area (TPSA) is 46.2 Å². The lowest BCUT2D eigenvalue weighted by Gasteiger charge is -2.18. The Hall–Kier alpha value is -1.27. The van der Waals surface area contributed by atoms with Crippen molar-refractivity contribution in [3.8, 4) is 0 Å². The fourth-order valence-corrected chi connectivity index (χ4v) is 1.73. The van der Waals surface area contributed by atoms with Gasteiger partial charge in [-0.2, -0.15) is 13.2 Å². The van der Waals surface area contributed by atoms with Crippen LogP contribution in [0.3, 0.4) is 0 Å². The van der Waals surface area contributed by atoms with E-state index < -0.39 is 29.8 Å². The molecule has 0 spiro atoms. The van der Waals surface area contributed by atoms with E-state index in [1.165, 1.54) is 24.3 Å². The highest BCUT2D eigenvalue weighted by Gasteiger charge is 2.40. The van der Waals surface area contributed by atoms with Gasteiger partial charge < -0.3 is 5.32 Å². The molecule has 0 aliphatic heterocycles. The van der Waals surface area contributed by atoms with Gasteiger partial charge in [0.15, 0.2) is 0 Å². The van der Waals surface area contributed by atoms with Gasteiger partial charge in [0.2, 0.25) is 5.24 Å². The van der Waals surface area contributed by atoms with E-state index in [0.717, 1.165) is 0 Å². The Balaban J connectivity index is 2.96. The Morgan fingerprint density at radius 1 is 1.32 bits per heavy atom. The average Bonchev–Trinajstić information content (AvgIpc) is 2.26. The number of nitrogens with one attached hydrogen (secondary N) is 1. The van der Waals surface area contributed by atoms with Gasteiger partial charge in [0.1, 0.15) is 0 Å². The van der Waals surface area contributed by atoms with E-state index in [0.29, 0.717) is 0 Å². The van der Waals surface area contributed by atoms with Crippen LogP contribution in [0.2, 0.25) is 5.02 Å². The number of halogens is 5. The van der Waals surface area contributed by atoms with Crippen LogP contribution in [0.25, 0.3) is 0 Å². The SMILES string of the molecule is O=C(Cl)C[C@@H](NC(=O)C(F)(F)F)c1cccc(Cl)c1. The van der Waals surface area contributed by atoms with Crippen molar-refractivity contribution in [2.45, 2.75) is 18.6 Å². The summed E-state index contributed by atoms with van der Waals surface area (Å²) in [6.45, 7) is 0. The van der Waals surface area contributed by atoms with Crippen LogP contribution in [-0.4, -0.2) is 17.3 Å². The molecule has 1 N–H and O–H groups in total. The van der Waals surface area contributed by atoms with Crippen molar-refractivity contribution in [3.05, 3.63) is 34.9 Å². The highest BCUT2D eigenvalue weighted by Crippen LogP contribution is 2.24. The number of rotatable bonds is 4. The first-order valence-electron chi connectivity index (χ1n) is 5.01. The summed E-state index contributed by atoms with van der Waals surface area (Å²) in [6, 6.07) is 4.60. The minimum Gasteiger partial charge on any atom is -0.341 e. The van der Waals surface area contributed by atoms with Gasteiger partial charge in [0.05, 0.1) is 6.04 Å². The molecule has 1 rings (SSSR count). The molecular weight excluding hydrogens is 306 g/mol. The summed E-state index contributed by atoms with van der Waals surface area (Å²) in [5, 5.41) is 1.11. The third-order valence-electron chi connectivity index (χ3n) is 2.18. The summed E-state index contributed by atoms with van der Waals surface area (Å²) in [5.41, 5.74) is 0.263. The van der Waals surface area contributed by atoms with Gasteiger partial charge in [0.25, 0.3) is 0 Å². The first-order chi connectivity index (χ1) is 8.70. The third kappa shape index (κ3) is 5.08. The van der Waals surface area contributed by atoms with Crippen molar-refractivity contribution in [2.24, 2.45) is 0 Å². The fraction of sp³-hybridized carbons (Fsp3) is 0.273. The van der Waals surface area contributed by atoms with Crippen LogP contribution in [0.4, 0.5) is 13.2 Å². The zero-order valence-corrected chi connectivity index (χ0v) is 10.8. The van der Waals surface area contributed by atoms with E-state index in [1.807, 2.05) is 0 Å². The normalized spacial score (nSPS) is 12.9. The minimum atomic E-state index is -5.04. The van der Waals surface area contributed by atoms with Crippen molar-refractivity contribution in [3.63, 3.8) is 0 Å². The molecule has 0 aliphatic carbocycles. The first kappa shape index (κ1) is 15.8. The maximum Gasteiger partial charge on any atom is 0.471 e. The van der Waals surface area contributed by atoms with Gasteiger partial charge >= 0.3 is 12.1 Å². The van der Waals surface area contributed by atoms with E-state index in [2.05, 4.69) is 0 Å². The number of alkyl halides is 3. The molecule has 1 amide bonds. The molecule has 0 fully saturated rings. The van der Waals surface area contributed by atoms with Gasteiger partial charge in [-0.15, -0.1) is 0 Å². The highest BCUT2D eigenvalue weighted by molar-refractivity contribution is 6.63. The van der Waals surface area contributed by atoms with Gasteiger partial charge in [-0.05, 0) is 29.3 Å². The van der Waals surface area contributed by atoms with Crippen LogP contribution in [0.1, 0.15) is 18.0 Å². The fourth-order valence-electron chi connectivity index (χ4n) is 1.38.